The van der Waals surface area contributed by atoms with E-state index in [1.807, 2.05) is 63.2 Å². The number of benzene rings is 2. The van der Waals surface area contributed by atoms with Crippen molar-refractivity contribution in [3.05, 3.63) is 59.2 Å². The summed E-state index contributed by atoms with van der Waals surface area (Å²) in [5.74, 6) is 0.950. The van der Waals surface area contributed by atoms with Crippen LogP contribution in [0.2, 0.25) is 0 Å². The number of nitrogens with one attached hydrogen (secondary N) is 1. The van der Waals surface area contributed by atoms with Gasteiger partial charge in [-0.15, -0.1) is 0 Å². The maximum Gasteiger partial charge on any atom is 0.286 e. The molecule has 1 N–H and O–H groups in total. The Bertz CT molecular complexity index is 1030. The number of fused-ring (bicyclic) bond motifs is 1. The van der Waals surface area contributed by atoms with E-state index in [4.69, 9.17) is 9.47 Å². The van der Waals surface area contributed by atoms with Gasteiger partial charge in [-0.1, -0.05) is 35.5 Å². The number of amides is 3. The molecule has 4 rings (SSSR count). The van der Waals surface area contributed by atoms with Gasteiger partial charge in [0.05, 0.1) is 16.4 Å². The van der Waals surface area contributed by atoms with Gasteiger partial charge in [-0.25, -0.2) is 0 Å². The number of thioether (sulfide) groups is 1. The third kappa shape index (κ3) is 4.54. The fraction of sp³-hybridized carbons (Fsp3) is 0.348. The molecule has 2 heterocycles. The quantitative estimate of drug-likeness (QED) is 0.740. The number of hydrogen-bond donors (Lipinski definition) is 1. The number of rotatable bonds is 6. The SMILES string of the molecule is Cc1ccc2c(c1)C(=O)N(C(C)(C)COc1ccc(CC3SC(=O)NC3=O)cc1)CO2. The molecule has 1 fully saturated rings. The van der Waals surface area contributed by atoms with Crippen LogP contribution in [0.1, 0.15) is 35.3 Å². The van der Waals surface area contributed by atoms with Crippen molar-refractivity contribution < 1.29 is 23.9 Å². The Kier molecular flexibility index (Phi) is 5.66. The zero-order valence-electron chi connectivity index (χ0n) is 17.6. The van der Waals surface area contributed by atoms with Gasteiger partial charge in [0.2, 0.25) is 5.91 Å². The average Bonchev–Trinajstić information content (AvgIpc) is 3.04. The maximum atomic E-state index is 13.0. The van der Waals surface area contributed by atoms with Crippen LogP contribution in [0.25, 0.3) is 0 Å². The van der Waals surface area contributed by atoms with Crippen LogP contribution in [-0.2, 0) is 11.2 Å². The van der Waals surface area contributed by atoms with E-state index in [0.29, 0.717) is 23.5 Å². The summed E-state index contributed by atoms with van der Waals surface area (Å²) < 4.78 is 11.7. The van der Waals surface area contributed by atoms with Crippen molar-refractivity contribution in [2.45, 2.75) is 38.0 Å². The minimum Gasteiger partial charge on any atom is -0.491 e. The molecular weight excluding hydrogens is 416 g/mol. The van der Waals surface area contributed by atoms with Crippen LogP contribution in [0.5, 0.6) is 11.5 Å². The molecule has 2 aromatic rings. The Morgan fingerprint density at radius 2 is 1.90 bits per heavy atom. The van der Waals surface area contributed by atoms with Gasteiger partial charge in [0.25, 0.3) is 11.1 Å². The van der Waals surface area contributed by atoms with Crippen molar-refractivity contribution >= 4 is 28.8 Å². The van der Waals surface area contributed by atoms with Gasteiger partial charge in [0.1, 0.15) is 18.1 Å². The van der Waals surface area contributed by atoms with E-state index in [1.54, 1.807) is 4.90 Å². The minimum absolute atomic E-state index is 0.0733. The lowest BCUT2D eigenvalue weighted by atomic mass is 10.0. The molecule has 0 saturated carbocycles. The van der Waals surface area contributed by atoms with E-state index >= 15 is 0 Å². The normalized spacial score (nSPS) is 18.5. The molecule has 2 aromatic carbocycles. The summed E-state index contributed by atoms with van der Waals surface area (Å²) in [4.78, 5) is 37.7. The van der Waals surface area contributed by atoms with Gasteiger partial charge in [-0.3, -0.25) is 24.6 Å². The van der Waals surface area contributed by atoms with E-state index in [0.717, 1.165) is 22.9 Å². The fourth-order valence-electron chi connectivity index (χ4n) is 3.53. The van der Waals surface area contributed by atoms with E-state index in [-0.39, 0.29) is 30.4 Å². The molecule has 1 atom stereocenters. The van der Waals surface area contributed by atoms with Gasteiger partial charge in [0.15, 0.2) is 6.73 Å². The number of imide groups is 1. The molecule has 0 bridgehead atoms. The zero-order chi connectivity index (χ0) is 22.2. The predicted octanol–water partition coefficient (Wildman–Crippen LogP) is 3.54. The van der Waals surface area contributed by atoms with Gasteiger partial charge < -0.3 is 9.47 Å². The summed E-state index contributed by atoms with van der Waals surface area (Å²) in [6.07, 6.45) is 0.479. The summed E-state index contributed by atoms with van der Waals surface area (Å²) in [5, 5.41) is 1.60. The van der Waals surface area contributed by atoms with Crippen LogP contribution < -0.4 is 14.8 Å². The van der Waals surface area contributed by atoms with Crippen molar-refractivity contribution in [2.24, 2.45) is 0 Å². The Hall–Kier alpha value is -3.00. The topological polar surface area (TPSA) is 84.9 Å². The first-order valence-electron chi connectivity index (χ1n) is 10.0. The van der Waals surface area contributed by atoms with Gasteiger partial charge >= 0.3 is 0 Å². The molecule has 0 radical (unpaired) electrons. The highest BCUT2D eigenvalue weighted by Gasteiger charge is 2.37. The molecule has 8 heteroatoms. The molecule has 2 aliphatic heterocycles. The van der Waals surface area contributed by atoms with Crippen LogP contribution in [0.4, 0.5) is 4.79 Å². The molecule has 0 spiro atoms. The lowest BCUT2D eigenvalue weighted by molar-refractivity contribution is -0.118. The summed E-state index contributed by atoms with van der Waals surface area (Å²) >= 11 is 1.02. The van der Waals surface area contributed by atoms with E-state index < -0.39 is 10.8 Å². The molecule has 0 aliphatic carbocycles. The zero-order valence-corrected chi connectivity index (χ0v) is 18.5. The monoisotopic (exact) mass is 440 g/mol. The second-order valence-electron chi connectivity index (χ2n) is 8.34. The van der Waals surface area contributed by atoms with Crippen molar-refractivity contribution in [2.75, 3.05) is 13.3 Å². The molecule has 2 aliphatic rings. The molecule has 3 amide bonds. The highest BCUT2D eigenvalue weighted by molar-refractivity contribution is 8.15. The Balaban J connectivity index is 1.37. The maximum absolute atomic E-state index is 13.0. The molecule has 31 heavy (non-hydrogen) atoms. The number of aryl methyl sites for hydroxylation is 1. The van der Waals surface area contributed by atoms with Crippen LogP contribution in [0.15, 0.2) is 42.5 Å². The van der Waals surface area contributed by atoms with Crippen molar-refractivity contribution in [1.29, 1.82) is 0 Å². The van der Waals surface area contributed by atoms with Crippen molar-refractivity contribution in [3.8, 4) is 11.5 Å². The number of nitrogens with zero attached hydrogens (tertiary/aromatic N) is 1. The highest BCUT2D eigenvalue weighted by atomic mass is 32.2. The molecule has 0 aromatic heterocycles. The average molecular weight is 441 g/mol. The number of ether oxygens (including phenoxy) is 2. The lowest BCUT2D eigenvalue weighted by Gasteiger charge is -2.40. The Labute approximate surface area is 185 Å². The molecule has 7 nitrogen and oxygen atoms in total. The van der Waals surface area contributed by atoms with Crippen LogP contribution in [0, 0.1) is 6.92 Å². The standard InChI is InChI=1S/C23H24N2O5S/c1-14-4-9-18-17(10-14)21(27)25(13-30-18)23(2,3)12-29-16-7-5-15(6-8-16)11-19-20(26)24-22(28)31-19/h4-10,19H,11-13H2,1-3H3,(H,24,26,28). The van der Waals surface area contributed by atoms with Crippen molar-refractivity contribution in [3.63, 3.8) is 0 Å². The van der Waals surface area contributed by atoms with E-state index in [9.17, 15) is 14.4 Å². The molecule has 1 saturated heterocycles. The molecule has 162 valence electrons. The Morgan fingerprint density at radius 1 is 1.16 bits per heavy atom. The van der Waals surface area contributed by atoms with Crippen LogP contribution in [-0.4, -0.2) is 46.1 Å². The third-order valence-corrected chi connectivity index (χ3v) is 6.38. The van der Waals surface area contributed by atoms with Crippen molar-refractivity contribution in [1.82, 2.24) is 10.2 Å². The fourth-order valence-corrected chi connectivity index (χ4v) is 4.39. The van der Waals surface area contributed by atoms with Gasteiger partial charge in [0, 0.05) is 0 Å². The Morgan fingerprint density at radius 3 is 2.58 bits per heavy atom. The number of carbonyl (C=O) groups excluding carboxylic acids is 3. The first kappa shape index (κ1) is 21.2. The molecular formula is C23H24N2O5S. The van der Waals surface area contributed by atoms with Gasteiger partial charge in [-0.05, 0) is 57.0 Å². The summed E-state index contributed by atoms with van der Waals surface area (Å²) in [7, 11) is 0. The van der Waals surface area contributed by atoms with Crippen LogP contribution >= 0.6 is 11.8 Å². The van der Waals surface area contributed by atoms with Crippen LogP contribution in [0.3, 0.4) is 0 Å². The van der Waals surface area contributed by atoms with Gasteiger partial charge in [-0.2, -0.15) is 0 Å². The predicted molar refractivity (Wildman–Crippen MR) is 117 cm³/mol. The largest absolute Gasteiger partial charge is 0.491 e. The summed E-state index contributed by atoms with van der Waals surface area (Å²) in [6, 6.07) is 13.0. The smallest absolute Gasteiger partial charge is 0.286 e. The minimum atomic E-state index is -0.587. The lowest BCUT2D eigenvalue weighted by Crippen LogP contribution is -2.54. The third-order valence-electron chi connectivity index (χ3n) is 5.39. The first-order chi connectivity index (χ1) is 14.7. The number of carbonyl (C=O) groups is 3. The number of hydrogen-bond acceptors (Lipinski definition) is 6. The second kappa shape index (κ2) is 8.26. The summed E-state index contributed by atoms with van der Waals surface area (Å²) in [6.45, 7) is 6.29. The highest BCUT2D eigenvalue weighted by Crippen LogP contribution is 2.30. The second-order valence-corrected chi connectivity index (χ2v) is 9.51. The van der Waals surface area contributed by atoms with E-state index in [1.165, 1.54) is 0 Å². The van der Waals surface area contributed by atoms with E-state index in [2.05, 4.69) is 5.32 Å². The first-order valence-corrected chi connectivity index (χ1v) is 10.9. The summed E-state index contributed by atoms with van der Waals surface area (Å²) in [5.41, 5.74) is 1.93. The molecule has 1 unspecified atom stereocenters.